The molecular formula is C16H17F3N2O. The first kappa shape index (κ1) is 15.1. The van der Waals surface area contributed by atoms with Gasteiger partial charge in [-0.25, -0.2) is 4.98 Å². The Balaban J connectivity index is 1.97. The van der Waals surface area contributed by atoms with E-state index in [-0.39, 0.29) is 24.6 Å². The lowest BCUT2D eigenvalue weighted by atomic mass is 10.0. The van der Waals surface area contributed by atoms with Crippen molar-refractivity contribution in [2.24, 2.45) is 0 Å². The number of aliphatic hydroxyl groups excluding tert-OH is 1. The van der Waals surface area contributed by atoms with Crippen LogP contribution in [0.25, 0.3) is 0 Å². The largest absolute Gasteiger partial charge is 0.416 e. The third-order valence-electron chi connectivity index (χ3n) is 4.17. The molecule has 0 saturated carbocycles. The lowest BCUT2D eigenvalue weighted by Gasteiger charge is -2.26. The van der Waals surface area contributed by atoms with Gasteiger partial charge >= 0.3 is 6.18 Å². The van der Waals surface area contributed by atoms with E-state index in [0.717, 1.165) is 31.0 Å². The van der Waals surface area contributed by atoms with Crippen molar-refractivity contribution in [3.05, 3.63) is 53.1 Å². The first-order chi connectivity index (χ1) is 10.5. The first-order valence-corrected chi connectivity index (χ1v) is 7.31. The number of benzene rings is 1. The van der Waals surface area contributed by atoms with Gasteiger partial charge in [0.2, 0.25) is 0 Å². The average Bonchev–Trinajstić information content (AvgIpc) is 2.90. The van der Waals surface area contributed by atoms with Crippen molar-refractivity contribution in [1.29, 1.82) is 0 Å². The van der Waals surface area contributed by atoms with Crippen LogP contribution in [0.4, 0.5) is 13.2 Å². The number of halogens is 3. The summed E-state index contributed by atoms with van der Waals surface area (Å²) >= 11 is 0. The molecule has 0 bridgehead atoms. The maximum Gasteiger partial charge on any atom is 0.416 e. The molecule has 0 fully saturated rings. The molecule has 2 heterocycles. The number of hydrogen-bond donors (Lipinski definition) is 1. The van der Waals surface area contributed by atoms with Crippen molar-refractivity contribution in [2.45, 2.75) is 37.9 Å². The summed E-state index contributed by atoms with van der Waals surface area (Å²) in [7, 11) is 0. The fourth-order valence-electron chi connectivity index (χ4n) is 3.14. The van der Waals surface area contributed by atoms with Crippen LogP contribution in [0.5, 0.6) is 0 Å². The zero-order valence-electron chi connectivity index (χ0n) is 12.0. The van der Waals surface area contributed by atoms with E-state index in [4.69, 9.17) is 0 Å². The van der Waals surface area contributed by atoms with Crippen LogP contribution in [0, 0.1) is 0 Å². The molecule has 1 aromatic carbocycles. The number of aryl methyl sites for hydroxylation is 1. The predicted molar refractivity (Wildman–Crippen MR) is 75.5 cm³/mol. The van der Waals surface area contributed by atoms with Crippen molar-refractivity contribution in [2.75, 3.05) is 6.61 Å². The highest BCUT2D eigenvalue weighted by molar-refractivity contribution is 5.32. The molecule has 22 heavy (non-hydrogen) atoms. The minimum Gasteiger partial charge on any atom is -0.394 e. The monoisotopic (exact) mass is 310 g/mol. The van der Waals surface area contributed by atoms with Gasteiger partial charge in [-0.2, -0.15) is 13.2 Å². The number of nitrogens with zero attached hydrogens (tertiary/aromatic N) is 2. The quantitative estimate of drug-likeness (QED) is 0.944. The molecular weight excluding hydrogens is 293 g/mol. The van der Waals surface area contributed by atoms with Gasteiger partial charge in [-0.3, -0.25) is 0 Å². The Hall–Kier alpha value is -1.82. The van der Waals surface area contributed by atoms with Gasteiger partial charge in [0.05, 0.1) is 18.2 Å². The molecule has 0 radical (unpaired) electrons. The van der Waals surface area contributed by atoms with E-state index in [1.807, 2.05) is 4.57 Å². The second kappa shape index (κ2) is 5.76. The molecule has 0 amide bonds. The van der Waals surface area contributed by atoms with Gasteiger partial charge in [0, 0.05) is 18.3 Å². The molecule has 1 aliphatic rings. The summed E-state index contributed by atoms with van der Waals surface area (Å²) in [5.74, 6) is 0.588. The zero-order valence-corrected chi connectivity index (χ0v) is 12.0. The SMILES string of the molecule is OCC1CCCc2cnc(Cc3ccccc3C(F)(F)F)n21. The summed E-state index contributed by atoms with van der Waals surface area (Å²) in [6.07, 6.45) is 0.109. The molecule has 2 aromatic rings. The molecule has 118 valence electrons. The molecule has 0 saturated heterocycles. The Morgan fingerprint density at radius 3 is 2.77 bits per heavy atom. The summed E-state index contributed by atoms with van der Waals surface area (Å²) in [5.41, 5.74) is 0.583. The summed E-state index contributed by atoms with van der Waals surface area (Å²) in [6.45, 7) is -0.0166. The zero-order chi connectivity index (χ0) is 15.7. The number of aliphatic hydroxyl groups is 1. The summed E-state index contributed by atoms with van der Waals surface area (Å²) in [6, 6.07) is 5.50. The Bertz CT molecular complexity index is 664. The van der Waals surface area contributed by atoms with Gasteiger partial charge in [-0.15, -0.1) is 0 Å². The smallest absolute Gasteiger partial charge is 0.394 e. The molecule has 0 aliphatic carbocycles. The van der Waals surface area contributed by atoms with Gasteiger partial charge in [0.1, 0.15) is 5.82 Å². The second-order valence-electron chi connectivity index (χ2n) is 5.60. The minimum absolute atomic E-state index is 0.0166. The standard InChI is InChI=1S/C16H17F3N2O/c17-16(18,19)14-7-2-1-4-11(14)8-15-20-9-12-5-3-6-13(10-22)21(12)15/h1-2,4,7,9,13,22H,3,5-6,8,10H2. The molecule has 1 atom stereocenters. The molecule has 3 nitrogen and oxygen atoms in total. The van der Waals surface area contributed by atoms with Gasteiger partial charge in [-0.1, -0.05) is 18.2 Å². The Labute approximate surface area is 126 Å². The van der Waals surface area contributed by atoms with Crippen LogP contribution < -0.4 is 0 Å². The van der Waals surface area contributed by atoms with Crippen molar-refractivity contribution in [3.8, 4) is 0 Å². The fraction of sp³-hybridized carbons (Fsp3) is 0.438. The highest BCUT2D eigenvalue weighted by Gasteiger charge is 2.33. The van der Waals surface area contributed by atoms with E-state index in [0.29, 0.717) is 5.82 Å². The number of rotatable bonds is 3. The number of imidazole rings is 1. The van der Waals surface area contributed by atoms with E-state index in [9.17, 15) is 18.3 Å². The van der Waals surface area contributed by atoms with Gasteiger partial charge in [0.15, 0.2) is 0 Å². The summed E-state index contributed by atoms with van der Waals surface area (Å²) in [4.78, 5) is 4.30. The van der Waals surface area contributed by atoms with Crippen LogP contribution in [0.3, 0.4) is 0 Å². The fourth-order valence-corrected chi connectivity index (χ4v) is 3.14. The normalized spacial score (nSPS) is 18.3. The van der Waals surface area contributed by atoms with E-state index < -0.39 is 11.7 Å². The number of fused-ring (bicyclic) bond motifs is 1. The minimum atomic E-state index is -4.37. The Kier molecular flexibility index (Phi) is 3.95. The molecule has 6 heteroatoms. The molecule has 1 aromatic heterocycles. The highest BCUT2D eigenvalue weighted by Crippen LogP contribution is 2.34. The second-order valence-corrected chi connectivity index (χ2v) is 5.60. The van der Waals surface area contributed by atoms with Crippen LogP contribution in [0.1, 0.15) is 41.5 Å². The average molecular weight is 310 g/mol. The topological polar surface area (TPSA) is 38.1 Å². The summed E-state index contributed by atoms with van der Waals surface area (Å²) in [5, 5.41) is 9.50. The van der Waals surface area contributed by atoms with Crippen LogP contribution in [-0.2, 0) is 19.0 Å². The van der Waals surface area contributed by atoms with Crippen molar-refractivity contribution >= 4 is 0 Å². The van der Waals surface area contributed by atoms with Crippen molar-refractivity contribution < 1.29 is 18.3 Å². The number of hydrogen-bond acceptors (Lipinski definition) is 2. The lowest BCUT2D eigenvalue weighted by molar-refractivity contribution is -0.138. The van der Waals surface area contributed by atoms with E-state index in [1.165, 1.54) is 12.1 Å². The number of alkyl halides is 3. The first-order valence-electron chi connectivity index (χ1n) is 7.31. The molecule has 3 rings (SSSR count). The van der Waals surface area contributed by atoms with Crippen LogP contribution >= 0.6 is 0 Å². The van der Waals surface area contributed by atoms with Gasteiger partial charge in [0.25, 0.3) is 0 Å². The Morgan fingerprint density at radius 1 is 1.27 bits per heavy atom. The van der Waals surface area contributed by atoms with Crippen molar-refractivity contribution in [1.82, 2.24) is 9.55 Å². The lowest BCUT2D eigenvalue weighted by Crippen LogP contribution is -2.23. The van der Waals surface area contributed by atoms with E-state index in [2.05, 4.69) is 4.98 Å². The summed E-state index contributed by atoms with van der Waals surface area (Å²) < 4.78 is 41.2. The van der Waals surface area contributed by atoms with E-state index in [1.54, 1.807) is 12.3 Å². The Morgan fingerprint density at radius 2 is 2.05 bits per heavy atom. The molecule has 0 spiro atoms. The predicted octanol–water partition coefficient (Wildman–Crippen LogP) is 3.36. The molecule has 1 N–H and O–H groups in total. The van der Waals surface area contributed by atoms with Crippen LogP contribution in [0.15, 0.2) is 30.5 Å². The van der Waals surface area contributed by atoms with Gasteiger partial charge in [-0.05, 0) is 30.9 Å². The molecule has 1 unspecified atom stereocenters. The van der Waals surface area contributed by atoms with Gasteiger partial charge < -0.3 is 9.67 Å². The highest BCUT2D eigenvalue weighted by atomic mass is 19.4. The van der Waals surface area contributed by atoms with Crippen LogP contribution in [0.2, 0.25) is 0 Å². The third kappa shape index (κ3) is 2.75. The third-order valence-corrected chi connectivity index (χ3v) is 4.17. The van der Waals surface area contributed by atoms with Crippen LogP contribution in [-0.4, -0.2) is 21.3 Å². The maximum atomic E-state index is 13.1. The molecule has 1 aliphatic heterocycles. The van der Waals surface area contributed by atoms with E-state index >= 15 is 0 Å². The number of aromatic nitrogens is 2. The van der Waals surface area contributed by atoms with Crippen molar-refractivity contribution in [3.63, 3.8) is 0 Å². The maximum absolute atomic E-state index is 13.1.